The maximum Gasteiger partial charge on any atom is 0.328 e. The van der Waals surface area contributed by atoms with Crippen molar-refractivity contribution in [3.8, 4) is 11.5 Å². The summed E-state index contributed by atoms with van der Waals surface area (Å²) < 4.78 is 10.8. The molecule has 2 aromatic carbocycles. The number of rotatable bonds is 8. The largest absolute Gasteiger partial charge is 0.497 e. The number of nitrogens with zero attached hydrogens (tertiary/aromatic N) is 1. The summed E-state index contributed by atoms with van der Waals surface area (Å²) in [6.45, 7) is 0.912. The SMILES string of the molecule is COc1ccc(OC)c(Sc2ccccc2CN(C)C)c1.O=C(O)/C=C/C(=O)O. The lowest BCUT2D eigenvalue weighted by atomic mass is 10.2. The molecular weight excluding hydrogens is 394 g/mol. The van der Waals surface area contributed by atoms with Gasteiger partial charge in [-0.15, -0.1) is 0 Å². The molecule has 0 bridgehead atoms. The third-order valence-electron chi connectivity index (χ3n) is 3.42. The van der Waals surface area contributed by atoms with Gasteiger partial charge in [-0.25, -0.2) is 9.59 Å². The summed E-state index contributed by atoms with van der Waals surface area (Å²) in [5.41, 5.74) is 1.30. The smallest absolute Gasteiger partial charge is 0.328 e. The number of carboxylic acid groups (broad SMARTS) is 2. The van der Waals surface area contributed by atoms with Crippen molar-refractivity contribution in [2.24, 2.45) is 0 Å². The molecule has 0 fully saturated rings. The van der Waals surface area contributed by atoms with E-state index in [0.29, 0.717) is 12.2 Å². The Morgan fingerprint density at radius 2 is 1.59 bits per heavy atom. The van der Waals surface area contributed by atoms with Gasteiger partial charge in [-0.05, 0) is 43.9 Å². The van der Waals surface area contributed by atoms with E-state index in [9.17, 15) is 9.59 Å². The molecule has 156 valence electrons. The van der Waals surface area contributed by atoms with Crippen LogP contribution in [-0.2, 0) is 16.1 Å². The molecule has 0 spiro atoms. The fourth-order valence-electron chi connectivity index (χ4n) is 2.20. The Kier molecular flexibility index (Phi) is 10.4. The summed E-state index contributed by atoms with van der Waals surface area (Å²) in [7, 11) is 7.52. The average molecular weight is 419 g/mol. The van der Waals surface area contributed by atoms with E-state index in [1.165, 1.54) is 10.5 Å². The van der Waals surface area contributed by atoms with Crippen LogP contribution in [0.25, 0.3) is 0 Å². The lowest BCUT2D eigenvalue weighted by Crippen LogP contribution is -2.11. The molecule has 2 aromatic rings. The Bertz CT molecular complexity index is 835. The number of hydrogen-bond acceptors (Lipinski definition) is 6. The molecule has 0 radical (unpaired) electrons. The molecule has 2 rings (SSSR count). The van der Waals surface area contributed by atoms with Crippen molar-refractivity contribution in [2.45, 2.75) is 16.3 Å². The zero-order chi connectivity index (χ0) is 21.8. The number of carboxylic acids is 2. The van der Waals surface area contributed by atoms with Gasteiger partial charge in [0.05, 0.1) is 19.1 Å². The van der Waals surface area contributed by atoms with Crippen LogP contribution in [0, 0.1) is 0 Å². The van der Waals surface area contributed by atoms with Crippen LogP contribution in [0.2, 0.25) is 0 Å². The molecule has 0 aliphatic heterocycles. The number of carbonyl (C=O) groups is 2. The van der Waals surface area contributed by atoms with Gasteiger partial charge in [-0.1, -0.05) is 30.0 Å². The van der Waals surface area contributed by atoms with Crippen LogP contribution < -0.4 is 9.47 Å². The quantitative estimate of drug-likeness (QED) is 0.626. The molecule has 29 heavy (non-hydrogen) atoms. The maximum absolute atomic E-state index is 9.55. The number of methoxy groups -OCH3 is 2. The first kappa shape index (κ1) is 24.1. The lowest BCUT2D eigenvalue weighted by molar-refractivity contribution is -0.134. The minimum absolute atomic E-state index is 0.558. The average Bonchev–Trinajstić information content (AvgIpc) is 2.68. The van der Waals surface area contributed by atoms with Crippen molar-refractivity contribution in [1.82, 2.24) is 4.90 Å². The van der Waals surface area contributed by atoms with E-state index < -0.39 is 11.9 Å². The summed E-state index contributed by atoms with van der Waals surface area (Å²) in [5.74, 6) is -0.816. The highest BCUT2D eigenvalue weighted by Crippen LogP contribution is 2.38. The van der Waals surface area contributed by atoms with E-state index in [2.05, 4.69) is 43.3 Å². The van der Waals surface area contributed by atoms with E-state index in [-0.39, 0.29) is 0 Å². The van der Waals surface area contributed by atoms with Crippen molar-refractivity contribution in [3.63, 3.8) is 0 Å². The lowest BCUT2D eigenvalue weighted by Gasteiger charge is -2.15. The fraction of sp³-hybridized carbons (Fsp3) is 0.238. The first-order valence-corrected chi connectivity index (χ1v) is 9.35. The predicted octanol–water partition coefficient (Wildman–Crippen LogP) is 3.63. The number of ether oxygens (including phenoxy) is 2. The van der Waals surface area contributed by atoms with Gasteiger partial charge in [0, 0.05) is 23.6 Å². The van der Waals surface area contributed by atoms with Gasteiger partial charge in [0.2, 0.25) is 0 Å². The number of hydrogen-bond donors (Lipinski definition) is 2. The van der Waals surface area contributed by atoms with Crippen LogP contribution in [0.4, 0.5) is 0 Å². The van der Waals surface area contributed by atoms with Gasteiger partial charge in [-0.3, -0.25) is 0 Å². The topological polar surface area (TPSA) is 96.3 Å². The summed E-state index contributed by atoms with van der Waals surface area (Å²) in [5, 5.41) is 15.6. The molecule has 0 atom stereocenters. The first-order chi connectivity index (χ1) is 13.8. The zero-order valence-electron chi connectivity index (χ0n) is 16.8. The van der Waals surface area contributed by atoms with Crippen molar-refractivity contribution in [3.05, 3.63) is 60.2 Å². The van der Waals surface area contributed by atoms with Crippen LogP contribution in [0.15, 0.2) is 64.4 Å². The van der Waals surface area contributed by atoms with Gasteiger partial charge in [-0.2, -0.15) is 0 Å². The highest BCUT2D eigenvalue weighted by atomic mass is 32.2. The molecule has 0 saturated carbocycles. The second kappa shape index (κ2) is 12.5. The Labute approximate surface area is 174 Å². The molecule has 7 nitrogen and oxygen atoms in total. The molecule has 0 amide bonds. The molecule has 0 aliphatic carbocycles. The van der Waals surface area contributed by atoms with Gasteiger partial charge >= 0.3 is 11.9 Å². The zero-order valence-corrected chi connectivity index (χ0v) is 17.6. The van der Waals surface area contributed by atoms with Gasteiger partial charge in [0.15, 0.2) is 0 Å². The molecule has 0 saturated heterocycles. The van der Waals surface area contributed by atoms with E-state index in [1.807, 2.05) is 18.2 Å². The van der Waals surface area contributed by atoms with Crippen LogP contribution in [0.3, 0.4) is 0 Å². The van der Waals surface area contributed by atoms with Crippen molar-refractivity contribution in [2.75, 3.05) is 28.3 Å². The molecule has 0 heterocycles. The maximum atomic E-state index is 9.55. The third-order valence-corrected chi connectivity index (χ3v) is 4.58. The minimum Gasteiger partial charge on any atom is -0.497 e. The summed E-state index contributed by atoms with van der Waals surface area (Å²) >= 11 is 1.71. The van der Waals surface area contributed by atoms with E-state index >= 15 is 0 Å². The van der Waals surface area contributed by atoms with Crippen molar-refractivity contribution >= 4 is 23.7 Å². The Morgan fingerprint density at radius 3 is 2.10 bits per heavy atom. The fourth-order valence-corrected chi connectivity index (χ4v) is 3.27. The summed E-state index contributed by atoms with van der Waals surface area (Å²) in [6.07, 6.45) is 1.12. The second-order valence-corrected chi connectivity index (χ2v) is 7.06. The predicted molar refractivity (Wildman–Crippen MR) is 112 cm³/mol. The van der Waals surface area contributed by atoms with Gasteiger partial charge in [0.1, 0.15) is 11.5 Å². The first-order valence-electron chi connectivity index (χ1n) is 8.53. The monoisotopic (exact) mass is 419 g/mol. The van der Waals surface area contributed by atoms with E-state index in [0.717, 1.165) is 22.9 Å². The molecular formula is C21H25NO6S. The normalized spacial score (nSPS) is 10.4. The second-order valence-electron chi connectivity index (χ2n) is 5.97. The van der Waals surface area contributed by atoms with Crippen LogP contribution >= 0.6 is 11.8 Å². The Morgan fingerprint density at radius 1 is 0.966 bits per heavy atom. The Hall–Kier alpha value is -2.97. The van der Waals surface area contributed by atoms with Gasteiger partial charge < -0.3 is 24.6 Å². The van der Waals surface area contributed by atoms with Crippen LogP contribution in [-0.4, -0.2) is 55.4 Å². The van der Waals surface area contributed by atoms with Crippen LogP contribution in [0.5, 0.6) is 11.5 Å². The van der Waals surface area contributed by atoms with Crippen LogP contribution in [0.1, 0.15) is 5.56 Å². The standard InChI is InChI=1S/C17H21NO2S.C4H4O4/c1-18(2)12-13-7-5-6-8-16(13)21-17-11-14(19-3)9-10-15(17)20-4;5-3(6)1-2-4(7)8/h5-11H,12H2,1-4H3;1-2H,(H,5,6)(H,7,8)/b;2-1+. The molecule has 0 unspecified atom stereocenters. The third kappa shape index (κ3) is 9.18. The van der Waals surface area contributed by atoms with Gasteiger partial charge in [0.25, 0.3) is 0 Å². The van der Waals surface area contributed by atoms with Crippen molar-refractivity contribution < 1.29 is 29.3 Å². The van der Waals surface area contributed by atoms with E-state index in [1.54, 1.807) is 26.0 Å². The summed E-state index contributed by atoms with van der Waals surface area (Å²) in [6, 6.07) is 14.3. The Balaban J connectivity index is 0.000000447. The van der Waals surface area contributed by atoms with E-state index in [4.69, 9.17) is 19.7 Å². The summed E-state index contributed by atoms with van der Waals surface area (Å²) in [4.78, 5) is 23.6. The highest BCUT2D eigenvalue weighted by molar-refractivity contribution is 7.99. The number of benzene rings is 2. The molecule has 0 aromatic heterocycles. The molecule has 0 aliphatic rings. The number of aliphatic carboxylic acids is 2. The van der Waals surface area contributed by atoms with Crippen molar-refractivity contribution in [1.29, 1.82) is 0 Å². The highest BCUT2D eigenvalue weighted by Gasteiger charge is 2.10. The molecule has 8 heteroatoms. The molecule has 2 N–H and O–H groups in total. The minimum atomic E-state index is -1.26.